The summed E-state index contributed by atoms with van der Waals surface area (Å²) >= 11 is 7.83. The molecule has 1 heterocycles. The summed E-state index contributed by atoms with van der Waals surface area (Å²) in [6, 6.07) is 12.7. The maximum Gasteiger partial charge on any atom is 0.133 e. The van der Waals surface area contributed by atoms with Gasteiger partial charge in [0.25, 0.3) is 0 Å². The van der Waals surface area contributed by atoms with Gasteiger partial charge in [0, 0.05) is 16.8 Å². The number of nitrogens with zero attached hydrogens (tertiary/aromatic N) is 1. The van der Waals surface area contributed by atoms with Gasteiger partial charge in [-0.1, -0.05) is 50.6 Å². The van der Waals surface area contributed by atoms with Crippen molar-refractivity contribution in [3.8, 4) is 0 Å². The molecule has 0 radical (unpaired) electrons. The van der Waals surface area contributed by atoms with Gasteiger partial charge in [-0.05, 0) is 34.7 Å². The molecule has 0 amide bonds. The minimum absolute atomic E-state index is 0.204. The van der Waals surface area contributed by atoms with Crippen LogP contribution in [0.25, 0.3) is 0 Å². The minimum atomic E-state index is 0.204. The first-order chi connectivity index (χ1) is 8.97. The van der Waals surface area contributed by atoms with Crippen LogP contribution < -0.4 is 0 Å². The zero-order chi connectivity index (χ0) is 13.9. The molecule has 0 aliphatic heterocycles. The fourth-order valence-corrected chi connectivity index (χ4v) is 2.89. The Kier molecular flexibility index (Phi) is 4.54. The topological polar surface area (TPSA) is 12.9 Å². The predicted molar refractivity (Wildman–Crippen MR) is 84.0 cm³/mol. The lowest BCUT2D eigenvalue weighted by molar-refractivity contribution is 0.590. The van der Waals surface area contributed by atoms with E-state index in [0.717, 1.165) is 11.3 Å². The van der Waals surface area contributed by atoms with Crippen molar-refractivity contribution < 1.29 is 0 Å². The molecule has 3 heteroatoms. The second-order valence-electron chi connectivity index (χ2n) is 5.52. The zero-order valence-corrected chi connectivity index (χ0v) is 13.1. The Bertz CT molecular complexity index is 543. The third-order valence-electron chi connectivity index (χ3n) is 2.95. The molecule has 1 aromatic heterocycles. The Hall–Kier alpha value is -0.990. The summed E-state index contributed by atoms with van der Waals surface area (Å²) in [5, 5.41) is 0.598. The largest absolute Gasteiger partial charge is 0.244 e. The van der Waals surface area contributed by atoms with E-state index >= 15 is 0 Å². The van der Waals surface area contributed by atoms with Crippen LogP contribution in [0.3, 0.4) is 0 Å². The summed E-state index contributed by atoms with van der Waals surface area (Å²) in [5.41, 5.74) is 2.64. The van der Waals surface area contributed by atoms with E-state index < -0.39 is 0 Å². The highest BCUT2D eigenvalue weighted by Gasteiger charge is 2.12. The first-order valence-corrected chi connectivity index (χ1v) is 7.66. The molecule has 19 heavy (non-hydrogen) atoms. The fraction of sp³-hybridized carbons (Fsp3) is 0.312. The Morgan fingerprint density at radius 3 is 2.37 bits per heavy atom. The summed E-state index contributed by atoms with van der Waals surface area (Å²) < 4.78 is 0. The molecule has 0 saturated heterocycles. The summed E-state index contributed by atoms with van der Waals surface area (Å²) in [4.78, 5) is 5.35. The Morgan fingerprint density at radius 2 is 1.79 bits per heavy atom. The van der Waals surface area contributed by atoms with Crippen LogP contribution in [0.1, 0.15) is 31.9 Å². The number of rotatable bonds is 3. The lowest BCUT2D eigenvalue weighted by Crippen LogP contribution is -2.10. The van der Waals surface area contributed by atoms with Crippen molar-refractivity contribution in [1.82, 2.24) is 4.98 Å². The van der Waals surface area contributed by atoms with Gasteiger partial charge in [-0.3, -0.25) is 0 Å². The van der Waals surface area contributed by atoms with Gasteiger partial charge in [-0.2, -0.15) is 0 Å². The number of hydrogen-bond donors (Lipinski definition) is 0. The zero-order valence-electron chi connectivity index (χ0n) is 11.5. The van der Waals surface area contributed by atoms with Crippen molar-refractivity contribution in [2.24, 2.45) is 0 Å². The maximum absolute atomic E-state index is 6.05. The highest BCUT2D eigenvalue weighted by molar-refractivity contribution is 7.98. The van der Waals surface area contributed by atoms with Crippen LogP contribution in [0.15, 0.2) is 47.5 Å². The van der Waals surface area contributed by atoms with E-state index in [-0.39, 0.29) is 5.41 Å². The average molecular weight is 292 g/mol. The second-order valence-corrected chi connectivity index (χ2v) is 6.92. The number of thioether (sulfide) groups is 1. The first-order valence-electron chi connectivity index (χ1n) is 6.29. The molecule has 0 saturated carbocycles. The molecule has 2 rings (SSSR count). The Labute approximate surface area is 124 Å². The molecule has 0 bridgehead atoms. The molecule has 1 nitrogen and oxygen atoms in total. The van der Waals surface area contributed by atoms with Crippen molar-refractivity contribution in [2.45, 2.75) is 36.8 Å². The van der Waals surface area contributed by atoms with E-state index in [9.17, 15) is 0 Å². The molecular weight excluding hydrogens is 274 g/mol. The number of halogens is 1. The van der Waals surface area contributed by atoms with Gasteiger partial charge in [-0.15, -0.1) is 11.8 Å². The van der Waals surface area contributed by atoms with E-state index in [1.165, 1.54) is 10.5 Å². The van der Waals surface area contributed by atoms with Crippen LogP contribution in [-0.4, -0.2) is 4.98 Å². The standard InChI is InChI=1S/C16H18ClNS/c1-16(2,3)13-6-8-14(9-7-13)19-11-12-5-4-10-18-15(12)17/h4-10H,11H2,1-3H3. The Balaban J connectivity index is 2.03. The molecule has 0 unspecified atom stereocenters. The van der Waals surface area contributed by atoms with Crippen LogP contribution >= 0.6 is 23.4 Å². The van der Waals surface area contributed by atoms with Crippen molar-refractivity contribution in [3.05, 3.63) is 58.9 Å². The van der Waals surface area contributed by atoms with Gasteiger partial charge in [0.15, 0.2) is 0 Å². The third-order valence-corrected chi connectivity index (χ3v) is 4.35. The molecule has 100 valence electrons. The molecule has 0 fully saturated rings. The first kappa shape index (κ1) is 14.4. The van der Waals surface area contributed by atoms with E-state index in [1.54, 1.807) is 18.0 Å². The highest BCUT2D eigenvalue weighted by atomic mass is 35.5. The smallest absolute Gasteiger partial charge is 0.133 e. The molecule has 0 aliphatic carbocycles. The van der Waals surface area contributed by atoms with E-state index in [4.69, 9.17) is 11.6 Å². The van der Waals surface area contributed by atoms with Gasteiger partial charge >= 0.3 is 0 Å². The number of benzene rings is 1. The molecule has 0 spiro atoms. The van der Waals surface area contributed by atoms with Crippen molar-refractivity contribution in [3.63, 3.8) is 0 Å². The third kappa shape index (κ3) is 3.99. The summed E-state index contributed by atoms with van der Waals surface area (Å²) in [7, 11) is 0. The molecule has 0 N–H and O–H groups in total. The quantitative estimate of drug-likeness (QED) is 0.560. The van der Waals surface area contributed by atoms with Crippen LogP contribution in [0.4, 0.5) is 0 Å². The van der Waals surface area contributed by atoms with Crippen LogP contribution in [0.5, 0.6) is 0 Å². The van der Waals surface area contributed by atoms with E-state index in [2.05, 4.69) is 50.0 Å². The van der Waals surface area contributed by atoms with Crippen molar-refractivity contribution in [2.75, 3.05) is 0 Å². The molecule has 0 atom stereocenters. The summed E-state index contributed by atoms with van der Waals surface area (Å²) in [5.74, 6) is 0.849. The molecule has 2 aromatic rings. The molecular formula is C16H18ClNS. The normalized spacial score (nSPS) is 11.6. The predicted octanol–water partition coefficient (Wildman–Crippen LogP) is 5.32. The second kappa shape index (κ2) is 5.98. The van der Waals surface area contributed by atoms with Gasteiger partial charge in [0.2, 0.25) is 0 Å². The fourth-order valence-electron chi connectivity index (χ4n) is 1.74. The number of aromatic nitrogens is 1. The van der Waals surface area contributed by atoms with E-state index in [1.807, 2.05) is 12.1 Å². The lowest BCUT2D eigenvalue weighted by Gasteiger charge is -2.19. The van der Waals surface area contributed by atoms with Crippen LogP contribution in [-0.2, 0) is 11.2 Å². The maximum atomic E-state index is 6.05. The van der Waals surface area contributed by atoms with Crippen LogP contribution in [0.2, 0.25) is 5.15 Å². The Morgan fingerprint density at radius 1 is 1.11 bits per heavy atom. The highest BCUT2D eigenvalue weighted by Crippen LogP contribution is 2.28. The monoisotopic (exact) mass is 291 g/mol. The van der Waals surface area contributed by atoms with E-state index in [0.29, 0.717) is 5.15 Å². The molecule has 0 aliphatic rings. The summed E-state index contributed by atoms with van der Waals surface area (Å²) in [6.07, 6.45) is 1.72. The molecule has 1 aromatic carbocycles. The van der Waals surface area contributed by atoms with Gasteiger partial charge in [0.1, 0.15) is 5.15 Å². The van der Waals surface area contributed by atoms with Gasteiger partial charge < -0.3 is 0 Å². The minimum Gasteiger partial charge on any atom is -0.244 e. The SMILES string of the molecule is CC(C)(C)c1ccc(SCc2cccnc2Cl)cc1. The lowest BCUT2D eigenvalue weighted by atomic mass is 9.87. The average Bonchev–Trinajstić information content (AvgIpc) is 2.37. The van der Waals surface area contributed by atoms with Crippen molar-refractivity contribution >= 4 is 23.4 Å². The summed E-state index contributed by atoms with van der Waals surface area (Å²) in [6.45, 7) is 6.68. The van der Waals surface area contributed by atoms with Crippen LogP contribution in [0, 0.1) is 0 Å². The number of hydrogen-bond acceptors (Lipinski definition) is 2. The van der Waals surface area contributed by atoms with Crippen molar-refractivity contribution in [1.29, 1.82) is 0 Å². The number of pyridine rings is 1. The van der Waals surface area contributed by atoms with Gasteiger partial charge in [-0.25, -0.2) is 4.98 Å². The van der Waals surface area contributed by atoms with Gasteiger partial charge in [0.05, 0.1) is 0 Å².